The van der Waals surface area contributed by atoms with E-state index in [9.17, 15) is 18.5 Å². The molecule has 1 unspecified atom stereocenters. The molecule has 0 fully saturated rings. The van der Waals surface area contributed by atoms with Gasteiger partial charge in [-0.25, -0.2) is 0 Å². The van der Waals surface area contributed by atoms with E-state index >= 15 is 0 Å². The lowest BCUT2D eigenvalue weighted by Crippen LogP contribution is -2.30. The van der Waals surface area contributed by atoms with Crippen molar-refractivity contribution in [1.82, 2.24) is 0 Å². The molecule has 0 aromatic heterocycles. The quantitative estimate of drug-likeness (QED) is 0.123. The van der Waals surface area contributed by atoms with Crippen molar-refractivity contribution in [2.75, 3.05) is 12.3 Å². The third-order valence-electron chi connectivity index (χ3n) is 5.32. The molecule has 11 heteroatoms. The van der Waals surface area contributed by atoms with Crippen LogP contribution in [-0.4, -0.2) is 46.6 Å². The lowest BCUT2D eigenvalue weighted by atomic mass is 9.76. The summed E-state index contributed by atoms with van der Waals surface area (Å²) in [5.41, 5.74) is 2.52. The van der Waals surface area contributed by atoms with Crippen LogP contribution < -0.4 is 5.26 Å². The summed E-state index contributed by atoms with van der Waals surface area (Å²) in [5, 5.41) is 22.4. The van der Waals surface area contributed by atoms with Crippen LogP contribution in [0.1, 0.15) is 51.5 Å². The van der Waals surface area contributed by atoms with Gasteiger partial charge in [-0.2, -0.15) is 17.3 Å². The Morgan fingerprint density at radius 1 is 1.31 bits per heavy atom. The van der Waals surface area contributed by atoms with Crippen LogP contribution in [0.15, 0.2) is 23.1 Å². The average Bonchev–Trinajstić information content (AvgIpc) is 2.84. The highest BCUT2D eigenvalue weighted by molar-refractivity contribution is 7.94. The van der Waals surface area contributed by atoms with Gasteiger partial charge >= 0.3 is 5.97 Å². The molecule has 0 bridgehead atoms. The highest BCUT2D eigenvalue weighted by Gasteiger charge is 2.46. The zero-order chi connectivity index (χ0) is 21.7. The Kier molecular flexibility index (Phi) is 8.20. The van der Waals surface area contributed by atoms with Gasteiger partial charge in [-0.1, -0.05) is 6.42 Å². The Morgan fingerprint density at radius 3 is 2.66 bits per heavy atom. The maximum Gasteiger partial charge on any atom is 0.303 e. The smallest absolute Gasteiger partial charge is 0.303 e. The molecule has 0 aliphatic carbocycles. The van der Waals surface area contributed by atoms with Crippen LogP contribution in [0, 0.1) is 0 Å². The second-order valence-corrected chi connectivity index (χ2v) is 9.55. The molecule has 0 radical (unpaired) electrons. The molecule has 162 valence electrons. The van der Waals surface area contributed by atoms with Gasteiger partial charge in [0.05, 0.1) is 23.2 Å². The van der Waals surface area contributed by atoms with Crippen molar-refractivity contribution in [2.24, 2.45) is 0 Å². The minimum absolute atomic E-state index is 0.102. The van der Waals surface area contributed by atoms with E-state index in [0.29, 0.717) is 30.7 Å². The molecule has 0 saturated carbocycles. The van der Waals surface area contributed by atoms with Crippen LogP contribution in [0.25, 0.3) is 0 Å². The zero-order valence-corrected chi connectivity index (χ0v) is 17.9. The predicted octanol–water partition coefficient (Wildman–Crippen LogP) is 2.22. The SMILES string of the molecule is CC1=[N+](CCCS(=O)(=O)O)c2ccc(SOO[O-])cc2C1(C)CCCCC(=O)O. The topological polar surface area (TPSA) is 136 Å². The number of fused-ring (bicyclic) bond motifs is 1. The summed E-state index contributed by atoms with van der Waals surface area (Å²) in [6, 6.07) is 5.52. The summed E-state index contributed by atoms with van der Waals surface area (Å²) in [5.74, 6) is -1.16. The minimum atomic E-state index is -4.04. The predicted molar refractivity (Wildman–Crippen MR) is 104 cm³/mol. The largest absolute Gasteiger partial charge is 0.691 e. The highest BCUT2D eigenvalue weighted by atomic mass is 32.2. The maximum absolute atomic E-state index is 11.1. The summed E-state index contributed by atoms with van der Waals surface area (Å²) in [4.78, 5) is 11.5. The second-order valence-electron chi connectivity index (χ2n) is 7.21. The molecule has 0 saturated heterocycles. The second kappa shape index (κ2) is 10.0. The molecule has 0 amide bonds. The van der Waals surface area contributed by atoms with Crippen molar-refractivity contribution in [3.63, 3.8) is 0 Å². The van der Waals surface area contributed by atoms with Crippen molar-refractivity contribution in [3.8, 4) is 0 Å². The molecule has 9 nitrogen and oxygen atoms in total. The first-order valence-electron chi connectivity index (χ1n) is 9.15. The number of unbranched alkanes of at least 4 members (excludes halogenated alkanes) is 1. The van der Waals surface area contributed by atoms with E-state index in [1.165, 1.54) is 0 Å². The number of carboxylic acid groups (broad SMARTS) is 1. The number of hydrogen-bond acceptors (Lipinski definition) is 7. The van der Waals surface area contributed by atoms with Crippen molar-refractivity contribution in [2.45, 2.75) is 56.3 Å². The number of benzene rings is 1. The van der Waals surface area contributed by atoms with Crippen LogP contribution in [0.2, 0.25) is 0 Å². The summed E-state index contributed by atoms with van der Waals surface area (Å²) in [7, 11) is -4.04. The molecule has 1 heterocycles. The van der Waals surface area contributed by atoms with Gasteiger partial charge in [0.15, 0.2) is 5.71 Å². The fraction of sp³-hybridized carbons (Fsp3) is 0.556. The Morgan fingerprint density at radius 2 is 2.03 bits per heavy atom. The van der Waals surface area contributed by atoms with Gasteiger partial charge in [-0.3, -0.25) is 14.4 Å². The number of hydrogen-bond donors (Lipinski definition) is 2. The lowest BCUT2D eigenvalue weighted by Gasteiger charge is -2.22. The molecule has 1 atom stereocenters. The minimum Gasteiger partial charge on any atom is -0.691 e. The van der Waals surface area contributed by atoms with E-state index in [1.54, 1.807) is 6.07 Å². The Labute approximate surface area is 174 Å². The first-order valence-corrected chi connectivity index (χ1v) is 11.5. The van der Waals surface area contributed by atoms with Crippen molar-refractivity contribution >= 4 is 39.5 Å². The van der Waals surface area contributed by atoms with E-state index in [1.807, 2.05) is 23.6 Å². The van der Waals surface area contributed by atoms with Crippen molar-refractivity contribution in [3.05, 3.63) is 23.8 Å². The summed E-state index contributed by atoms with van der Waals surface area (Å²) in [6.45, 7) is 4.44. The molecule has 2 rings (SSSR count). The van der Waals surface area contributed by atoms with E-state index < -0.39 is 16.1 Å². The number of rotatable bonds is 12. The first kappa shape index (κ1) is 23.8. The Hall–Kier alpha value is -1.50. The number of carboxylic acids is 1. The van der Waals surface area contributed by atoms with Crippen LogP contribution in [-0.2, 0) is 29.7 Å². The first-order chi connectivity index (χ1) is 13.6. The normalized spacial score (nSPS) is 18.9. The van der Waals surface area contributed by atoms with Gasteiger partial charge in [-0.05, 0) is 31.9 Å². The number of aliphatic carboxylic acids is 1. The maximum atomic E-state index is 11.1. The summed E-state index contributed by atoms with van der Waals surface area (Å²) < 4.78 is 37.6. The lowest BCUT2D eigenvalue weighted by molar-refractivity contribution is -0.777. The third-order valence-corrected chi connectivity index (χ3v) is 6.69. The van der Waals surface area contributed by atoms with Crippen LogP contribution in [0.3, 0.4) is 0 Å². The van der Waals surface area contributed by atoms with Crippen molar-refractivity contribution in [1.29, 1.82) is 0 Å². The van der Waals surface area contributed by atoms with Gasteiger partial charge in [-0.15, -0.1) is 0 Å². The molecule has 1 aliphatic rings. The molecule has 1 aromatic rings. The number of carbonyl (C=O) groups is 1. The highest BCUT2D eigenvalue weighted by Crippen LogP contribution is 2.44. The molecular weight excluding hydrogens is 422 g/mol. The number of nitrogens with zero attached hydrogens (tertiary/aromatic N) is 1. The standard InChI is InChI=1S/C18H25NO8S2/c1-13-18(2,9-4-3-6-17(20)21)15-12-14(28-27-26-22)7-8-16(15)19(13)10-5-11-29(23,24)25/h7-8,12H,3-6,9-11H2,1-2H3,(H2-,20,21,22,23,24,25). The fourth-order valence-corrected chi connectivity index (χ4v) is 4.62. The van der Waals surface area contributed by atoms with E-state index in [4.69, 9.17) is 9.66 Å². The summed E-state index contributed by atoms with van der Waals surface area (Å²) in [6.07, 6.45) is 2.33. The van der Waals surface area contributed by atoms with E-state index in [-0.39, 0.29) is 24.0 Å². The van der Waals surface area contributed by atoms with Crippen LogP contribution >= 0.6 is 12.0 Å². The summed E-state index contributed by atoms with van der Waals surface area (Å²) >= 11 is 0.791. The molecule has 2 N–H and O–H groups in total. The van der Waals surface area contributed by atoms with E-state index in [0.717, 1.165) is 29.0 Å². The Bertz CT molecular complexity index is 884. The van der Waals surface area contributed by atoms with Gasteiger partial charge in [0.25, 0.3) is 10.1 Å². The van der Waals surface area contributed by atoms with Crippen molar-refractivity contribution < 1.29 is 42.1 Å². The monoisotopic (exact) mass is 447 g/mol. The average molecular weight is 448 g/mol. The third kappa shape index (κ3) is 6.24. The Balaban J connectivity index is 2.30. The molecule has 1 aliphatic heterocycles. The molecule has 29 heavy (non-hydrogen) atoms. The van der Waals surface area contributed by atoms with Gasteiger partial charge in [0, 0.05) is 36.3 Å². The molecule has 0 spiro atoms. The van der Waals surface area contributed by atoms with Gasteiger partial charge in [0.1, 0.15) is 6.54 Å². The molecular formula is C18H25NO8S2. The zero-order valence-electron chi connectivity index (χ0n) is 16.3. The van der Waals surface area contributed by atoms with E-state index in [2.05, 4.69) is 16.3 Å². The van der Waals surface area contributed by atoms with Crippen LogP contribution in [0.5, 0.6) is 0 Å². The van der Waals surface area contributed by atoms with Crippen LogP contribution in [0.4, 0.5) is 5.69 Å². The van der Waals surface area contributed by atoms with Gasteiger partial charge in [0.2, 0.25) is 5.69 Å². The van der Waals surface area contributed by atoms with Gasteiger partial charge < -0.3 is 10.4 Å². The fourth-order valence-electron chi connectivity index (χ4n) is 3.73. The molecule has 1 aromatic carbocycles.